The van der Waals surface area contributed by atoms with Crippen molar-refractivity contribution in [2.24, 2.45) is 0 Å². The molecule has 0 radical (unpaired) electrons. The van der Waals surface area contributed by atoms with Crippen LogP contribution in [0.15, 0.2) is 48.5 Å². The molecule has 1 heterocycles. The van der Waals surface area contributed by atoms with Gasteiger partial charge in [-0.15, -0.1) is 0 Å². The molecule has 0 amide bonds. The molecule has 2 aromatic carbocycles. The Morgan fingerprint density at radius 1 is 1.05 bits per heavy atom. The normalized spacial score (nSPS) is 16.2. The summed E-state index contributed by atoms with van der Waals surface area (Å²) < 4.78 is 10.9. The van der Waals surface area contributed by atoms with Crippen LogP contribution in [0.3, 0.4) is 0 Å². The largest absolute Gasteiger partial charge is 0.494 e. The predicted molar refractivity (Wildman–Crippen MR) is 81.1 cm³/mol. The Bertz CT molecular complexity index is 622. The van der Waals surface area contributed by atoms with E-state index in [1.165, 1.54) is 0 Å². The lowest BCUT2D eigenvalue weighted by Crippen LogP contribution is -1.99. The summed E-state index contributed by atoms with van der Waals surface area (Å²) in [5.41, 5.74) is 2.91. The van der Waals surface area contributed by atoms with Crippen LogP contribution in [0, 0.1) is 11.3 Å². The highest BCUT2D eigenvalue weighted by molar-refractivity contribution is 5.64. The molecule has 0 N–H and O–H groups in total. The van der Waals surface area contributed by atoms with Gasteiger partial charge in [-0.2, -0.15) is 5.26 Å². The summed E-state index contributed by atoms with van der Waals surface area (Å²) in [6.07, 6.45) is 2.60. The Morgan fingerprint density at radius 3 is 2.24 bits per heavy atom. The smallest absolute Gasteiger partial charge is 0.119 e. The lowest BCUT2D eigenvalue weighted by atomic mass is 10.0. The van der Waals surface area contributed by atoms with Gasteiger partial charge in [0.1, 0.15) is 5.75 Å². The van der Waals surface area contributed by atoms with Crippen LogP contribution in [0.2, 0.25) is 0 Å². The minimum absolute atomic E-state index is 0.479. The zero-order chi connectivity index (χ0) is 14.5. The van der Waals surface area contributed by atoms with Crippen molar-refractivity contribution < 1.29 is 9.47 Å². The minimum Gasteiger partial charge on any atom is -0.494 e. The Balaban J connectivity index is 1.56. The lowest BCUT2D eigenvalue weighted by molar-refractivity contribution is 0.294. The second-order valence-electron chi connectivity index (χ2n) is 5.16. The molecule has 1 aliphatic heterocycles. The van der Waals surface area contributed by atoms with Crippen LogP contribution in [0.25, 0.3) is 11.1 Å². The Hall–Kier alpha value is -2.31. The molecule has 0 aliphatic carbocycles. The summed E-state index contributed by atoms with van der Waals surface area (Å²) >= 11 is 0. The quantitative estimate of drug-likeness (QED) is 0.597. The maximum absolute atomic E-state index is 8.80. The van der Waals surface area contributed by atoms with Crippen LogP contribution in [0.4, 0.5) is 0 Å². The van der Waals surface area contributed by atoms with Crippen LogP contribution >= 0.6 is 0 Å². The number of rotatable bonds is 6. The fraction of sp³-hybridized carbons (Fsp3) is 0.278. The molecule has 1 aliphatic rings. The third-order valence-corrected chi connectivity index (χ3v) is 3.54. The molecule has 0 aromatic heterocycles. The van der Waals surface area contributed by atoms with Gasteiger partial charge < -0.3 is 9.47 Å². The summed E-state index contributed by atoms with van der Waals surface area (Å²) in [4.78, 5) is 0. The highest BCUT2D eigenvalue weighted by Crippen LogP contribution is 2.23. The average Bonchev–Trinajstić information content (AvgIpc) is 3.37. The molecule has 3 rings (SSSR count). The average molecular weight is 279 g/mol. The van der Waals surface area contributed by atoms with Crippen LogP contribution in [-0.4, -0.2) is 19.3 Å². The molecule has 0 spiro atoms. The molecule has 1 unspecified atom stereocenters. The topological polar surface area (TPSA) is 45.5 Å². The van der Waals surface area contributed by atoms with E-state index < -0.39 is 0 Å². The SMILES string of the molecule is N#Cc1ccc(-c2ccc(OCCCC3CO3)cc2)cc1. The van der Waals surface area contributed by atoms with E-state index in [1.54, 1.807) is 0 Å². The first-order valence-corrected chi connectivity index (χ1v) is 7.20. The predicted octanol–water partition coefficient (Wildman–Crippen LogP) is 3.78. The van der Waals surface area contributed by atoms with Gasteiger partial charge in [-0.1, -0.05) is 24.3 Å². The van der Waals surface area contributed by atoms with Gasteiger partial charge in [0.2, 0.25) is 0 Å². The Labute approximate surface area is 124 Å². The molecule has 1 fully saturated rings. The monoisotopic (exact) mass is 279 g/mol. The van der Waals surface area contributed by atoms with Gasteiger partial charge in [-0.3, -0.25) is 0 Å². The maximum Gasteiger partial charge on any atom is 0.119 e. The fourth-order valence-corrected chi connectivity index (χ4v) is 2.22. The van der Waals surface area contributed by atoms with Crippen LogP contribution < -0.4 is 4.74 Å². The van der Waals surface area contributed by atoms with Gasteiger partial charge in [-0.05, 0) is 48.2 Å². The molecule has 0 saturated carbocycles. The van der Waals surface area contributed by atoms with Gasteiger partial charge >= 0.3 is 0 Å². The van der Waals surface area contributed by atoms with Crippen molar-refractivity contribution in [3.8, 4) is 22.9 Å². The molecule has 2 aromatic rings. The first-order chi connectivity index (χ1) is 10.3. The Kier molecular flexibility index (Phi) is 4.18. The summed E-state index contributed by atoms with van der Waals surface area (Å²) in [5, 5.41) is 8.80. The number of benzene rings is 2. The second kappa shape index (κ2) is 6.43. The van der Waals surface area contributed by atoms with Crippen LogP contribution in [-0.2, 0) is 4.74 Å². The summed E-state index contributed by atoms with van der Waals surface area (Å²) in [6, 6.07) is 17.8. The van der Waals surface area contributed by atoms with Crippen molar-refractivity contribution in [1.29, 1.82) is 5.26 Å². The van der Waals surface area contributed by atoms with Gasteiger partial charge in [0.15, 0.2) is 0 Å². The highest BCUT2D eigenvalue weighted by atomic mass is 16.6. The van der Waals surface area contributed by atoms with Crippen molar-refractivity contribution in [3.05, 3.63) is 54.1 Å². The lowest BCUT2D eigenvalue weighted by Gasteiger charge is -2.07. The first-order valence-electron chi connectivity index (χ1n) is 7.20. The zero-order valence-electron chi connectivity index (χ0n) is 11.8. The number of nitrogens with zero attached hydrogens (tertiary/aromatic N) is 1. The summed E-state index contributed by atoms with van der Waals surface area (Å²) in [6.45, 7) is 1.65. The molecular formula is C18H17NO2. The van der Waals surface area contributed by atoms with E-state index in [1.807, 2.05) is 48.5 Å². The molecule has 3 heteroatoms. The van der Waals surface area contributed by atoms with Crippen molar-refractivity contribution >= 4 is 0 Å². The fourth-order valence-electron chi connectivity index (χ4n) is 2.22. The number of epoxide rings is 1. The second-order valence-corrected chi connectivity index (χ2v) is 5.16. The zero-order valence-corrected chi connectivity index (χ0v) is 11.8. The van der Waals surface area contributed by atoms with E-state index in [0.29, 0.717) is 11.7 Å². The molecule has 3 nitrogen and oxygen atoms in total. The van der Waals surface area contributed by atoms with Gasteiger partial charge in [0, 0.05) is 0 Å². The van der Waals surface area contributed by atoms with Gasteiger partial charge in [0.25, 0.3) is 0 Å². The van der Waals surface area contributed by atoms with Crippen molar-refractivity contribution in [3.63, 3.8) is 0 Å². The third-order valence-electron chi connectivity index (χ3n) is 3.54. The van der Waals surface area contributed by atoms with Crippen molar-refractivity contribution in [1.82, 2.24) is 0 Å². The molecule has 0 bridgehead atoms. The first kappa shape index (κ1) is 13.7. The standard InChI is InChI=1S/C18H17NO2/c19-12-14-3-5-15(6-4-14)16-7-9-17(10-8-16)20-11-1-2-18-13-21-18/h3-10,18H,1-2,11,13H2. The highest BCUT2D eigenvalue weighted by Gasteiger charge is 2.21. The molecule has 1 saturated heterocycles. The van der Waals surface area contributed by atoms with E-state index in [0.717, 1.165) is 42.9 Å². The molecule has 21 heavy (non-hydrogen) atoms. The summed E-state index contributed by atoms with van der Waals surface area (Å²) in [7, 11) is 0. The van der Waals surface area contributed by atoms with Gasteiger partial charge in [-0.25, -0.2) is 0 Å². The van der Waals surface area contributed by atoms with E-state index in [-0.39, 0.29) is 0 Å². The summed E-state index contributed by atoms with van der Waals surface area (Å²) in [5.74, 6) is 0.893. The van der Waals surface area contributed by atoms with Crippen molar-refractivity contribution in [2.75, 3.05) is 13.2 Å². The number of nitriles is 1. The van der Waals surface area contributed by atoms with E-state index >= 15 is 0 Å². The van der Waals surface area contributed by atoms with E-state index in [2.05, 4.69) is 6.07 Å². The maximum atomic E-state index is 8.80. The molecule has 1 atom stereocenters. The minimum atomic E-state index is 0.479. The molecular weight excluding hydrogens is 262 g/mol. The van der Waals surface area contributed by atoms with E-state index in [4.69, 9.17) is 14.7 Å². The number of hydrogen-bond donors (Lipinski definition) is 0. The van der Waals surface area contributed by atoms with Crippen molar-refractivity contribution in [2.45, 2.75) is 18.9 Å². The van der Waals surface area contributed by atoms with Crippen LogP contribution in [0.1, 0.15) is 18.4 Å². The van der Waals surface area contributed by atoms with Gasteiger partial charge in [0.05, 0.1) is 31.0 Å². The number of ether oxygens (including phenoxy) is 2. The third kappa shape index (κ3) is 3.84. The van der Waals surface area contributed by atoms with E-state index in [9.17, 15) is 0 Å². The Morgan fingerprint density at radius 2 is 1.67 bits per heavy atom. The molecule has 106 valence electrons. The van der Waals surface area contributed by atoms with Crippen LogP contribution in [0.5, 0.6) is 5.75 Å². The number of hydrogen-bond acceptors (Lipinski definition) is 3.